The molecule has 108 valence electrons. The van der Waals surface area contributed by atoms with Gasteiger partial charge in [0, 0.05) is 30.8 Å². The van der Waals surface area contributed by atoms with Gasteiger partial charge in [0.15, 0.2) is 0 Å². The lowest BCUT2D eigenvalue weighted by atomic mass is 9.98. The number of carbonyl (C=O) groups excluding carboxylic acids is 1. The van der Waals surface area contributed by atoms with Gasteiger partial charge < -0.3 is 5.32 Å². The van der Waals surface area contributed by atoms with Crippen LogP contribution < -0.4 is 5.32 Å². The van der Waals surface area contributed by atoms with Crippen molar-refractivity contribution in [2.75, 3.05) is 0 Å². The molecular formula is C15H27N3O. The maximum absolute atomic E-state index is 12.1. The Morgan fingerprint density at radius 2 is 2.05 bits per heavy atom. The van der Waals surface area contributed by atoms with Gasteiger partial charge in [0.2, 0.25) is 5.91 Å². The number of rotatable bonds is 7. The number of nitrogens with one attached hydrogen (secondary N) is 1. The van der Waals surface area contributed by atoms with Crippen LogP contribution in [0.5, 0.6) is 0 Å². The summed E-state index contributed by atoms with van der Waals surface area (Å²) < 4.78 is 1.87. The zero-order valence-electron chi connectivity index (χ0n) is 12.9. The van der Waals surface area contributed by atoms with Crippen LogP contribution in [0.1, 0.15) is 56.5 Å². The molecule has 0 fully saturated rings. The monoisotopic (exact) mass is 265 g/mol. The van der Waals surface area contributed by atoms with Gasteiger partial charge in [-0.15, -0.1) is 0 Å². The third-order valence-corrected chi connectivity index (χ3v) is 3.87. The minimum atomic E-state index is 0.150. The standard InChI is InChI=1S/C15H27N3O/c1-6-8-9-13(7-2)15(19)16-10-14-11(3)17-18(5)12(14)4/h13H,6-10H2,1-5H3,(H,16,19). The molecule has 0 aliphatic carbocycles. The molecule has 1 atom stereocenters. The largest absolute Gasteiger partial charge is 0.352 e. The van der Waals surface area contributed by atoms with Crippen LogP contribution >= 0.6 is 0 Å². The van der Waals surface area contributed by atoms with Crippen molar-refractivity contribution < 1.29 is 4.79 Å². The van der Waals surface area contributed by atoms with Crippen molar-refractivity contribution in [2.24, 2.45) is 13.0 Å². The van der Waals surface area contributed by atoms with E-state index in [1.165, 1.54) is 0 Å². The smallest absolute Gasteiger partial charge is 0.223 e. The van der Waals surface area contributed by atoms with E-state index in [2.05, 4.69) is 24.3 Å². The Balaban J connectivity index is 2.57. The summed E-state index contributed by atoms with van der Waals surface area (Å²) in [5.41, 5.74) is 3.27. The summed E-state index contributed by atoms with van der Waals surface area (Å²) in [5.74, 6) is 0.329. The fraction of sp³-hybridized carbons (Fsp3) is 0.733. The molecular weight excluding hydrogens is 238 g/mol. The molecule has 0 aliphatic rings. The second-order valence-corrected chi connectivity index (χ2v) is 5.24. The molecule has 1 aromatic heterocycles. The molecule has 0 spiro atoms. The van der Waals surface area contributed by atoms with Gasteiger partial charge in [0.25, 0.3) is 0 Å². The number of amides is 1. The zero-order chi connectivity index (χ0) is 14.4. The predicted molar refractivity (Wildman–Crippen MR) is 77.8 cm³/mol. The van der Waals surface area contributed by atoms with Gasteiger partial charge in [0.1, 0.15) is 0 Å². The van der Waals surface area contributed by atoms with Crippen molar-refractivity contribution in [1.29, 1.82) is 0 Å². The quantitative estimate of drug-likeness (QED) is 0.824. The summed E-state index contributed by atoms with van der Waals surface area (Å²) in [6.07, 6.45) is 4.17. The lowest BCUT2D eigenvalue weighted by Gasteiger charge is -2.14. The van der Waals surface area contributed by atoms with Gasteiger partial charge in [0.05, 0.1) is 5.69 Å². The third kappa shape index (κ3) is 4.08. The molecule has 1 N–H and O–H groups in total. The van der Waals surface area contributed by atoms with E-state index in [9.17, 15) is 4.79 Å². The highest BCUT2D eigenvalue weighted by Crippen LogP contribution is 2.15. The summed E-state index contributed by atoms with van der Waals surface area (Å²) >= 11 is 0. The summed E-state index contributed by atoms with van der Waals surface area (Å²) in [6, 6.07) is 0. The average Bonchev–Trinajstić information content (AvgIpc) is 2.62. The van der Waals surface area contributed by atoms with Crippen molar-refractivity contribution in [3.63, 3.8) is 0 Å². The lowest BCUT2D eigenvalue weighted by Crippen LogP contribution is -2.30. The van der Waals surface area contributed by atoms with Gasteiger partial charge in [-0.3, -0.25) is 9.48 Å². The predicted octanol–water partition coefficient (Wildman–Crippen LogP) is 2.87. The van der Waals surface area contributed by atoms with Crippen LogP contribution in [0.3, 0.4) is 0 Å². The maximum atomic E-state index is 12.1. The zero-order valence-corrected chi connectivity index (χ0v) is 12.9. The fourth-order valence-electron chi connectivity index (χ4n) is 2.36. The van der Waals surface area contributed by atoms with Crippen LogP contribution in [0.25, 0.3) is 0 Å². The summed E-state index contributed by atoms with van der Waals surface area (Å²) in [6.45, 7) is 8.86. The van der Waals surface area contributed by atoms with Crippen molar-refractivity contribution in [1.82, 2.24) is 15.1 Å². The highest BCUT2D eigenvalue weighted by molar-refractivity contribution is 5.78. The van der Waals surface area contributed by atoms with Gasteiger partial charge in [-0.2, -0.15) is 5.10 Å². The van der Waals surface area contributed by atoms with Crippen LogP contribution in [-0.2, 0) is 18.4 Å². The fourth-order valence-corrected chi connectivity index (χ4v) is 2.36. The molecule has 0 aromatic carbocycles. The molecule has 0 saturated carbocycles. The average molecular weight is 265 g/mol. The van der Waals surface area contributed by atoms with E-state index in [1.54, 1.807) is 0 Å². The minimum absolute atomic E-state index is 0.150. The number of aryl methyl sites for hydroxylation is 2. The molecule has 0 radical (unpaired) electrons. The maximum Gasteiger partial charge on any atom is 0.223 e. The third-order valence-electron chi connectivity index (χ3n) is 3.87. The number of nitrogens with zero attached hydrogens (tertiary/aromatic N) is 2. The number of hydrogen-bond donors (Lipinski definition) is 1. The molecule has 4 nitrogen and oxygen atoms in total. The highest BCUT2D eigenvalue weighted by atomic mass is 16.1. The van der Waals surface area contributed by atoms with E-state index < -0.39 is 0 Å². The van der Waals surface area contributed by atoms with E-state index in [0.29, 0.717) is 6.54 Å². The first kappa shape index (κ1) is 15.7. The number of unbranched alkanes of at least 4 members (excludes halogenated alkanes) is 1. The Bertz CT molecular complexity index is 423. The first-order valence-electron chi connectivity index (χ1n) is 7.28. The first-order chi connectivity index (χ1) is 9.01. The van der Waals surface area contributed by atoms with Crippen molar-refractivity contribution in [3.8, 4) is 0 Å². The van der Waals surface area contributed by atoms with E-state index in [0.717, 1.165) is 42.6 Å². The van der Waals surface area contributed by atoms with Crippen LogP contribution in [-0.4, -0.2) is 15.7 Å². The van der Waals surface area contributed by atoms with Gasteiger partial charge in [-0.05, 0) is 26.7 Å². The topological polar surface area (TPSA) is 46.9 Å². The molecule has 19 heavy (non-hydrogen) atoms. The SMILES string of the molecule is CCCCC(CC)C(=O)NCc1c(C)nn(C)c1C. The Kier molecular flexibility index (Phi) is 6.06. The second kappa shape index (κ2) is 7.31. The summed E-state index contributed by atoms with van der Waals surface area (Å²) in [4.78, 5) is 12.1. The van der Waals surface area contributed by atoms with E-state index in [4.69, 9.17) is 0 Å². The number of carbonyl (C=O) groups is 1. The molecule has 0 bridgehead atoms. The number of aromatic nitrogens is 2. The van der Waals surface area contributed by atoms with Gasteiger partial charge in [-0.25, -0.2) is 0 Å². The van der Waals surface area contributed by atoms with Crippen LogP contribution in [0.15, 0.2) is 0 Å². The lowest BCUT2D eigenvalue weighted by molar-refractivity contribution is -0.125. The van der Waals surface area contributed by atoms with E-state index in [-0.39, 0.29) is 11.8 Å². The summed E-state index contributed by atoms with van der Waals surface area (Å²) in [7, 11) is 1.93. The summed E-state index contributed by atoms with van der Waals surface area (Å²) in [5, 5.41) is 7.43. The molecule has 0 aliphatic heterocycles. The Hall–Kier alpha value is -1.32. The van der Waals surface area contributed by atoms with Crippen LogP contribution in [0.2, 0.25) is 0 Å². The highest BCUT2D eigenvalue weighted by Gasteiger charge is 2.17. The minimum Gasteiger partial charge on any atom is -0.352 e. The van der Waals surface area contributed by atoms with Crippen LogP contribution in [0, 0.1) is 19.8 Å². The van der Waals surface area contributed by atoms with Crippen molar-refractivity contribution in [2.45, 2.75) is 59.9 Å². The van der Waals surface area contributed by atoms with Gasteiger partial charge >= 0.3 is 0 Å². The molecule has 0 saturated heterocycles. The first-order valence-corrected chi connectivity index (χ1v) is 7.28. The van der Waals surface area contributed by atoms with Crippen molar-refractivity contribution in [3.05, 3.63) is 17.0 Å². The molecule has 1 unspecified atom stereocenters. The molecule has 1 aromatic rings. The number of hydrogen-bond acceptors (Lipinski definition) is 2. The second-order valence-electron chi connectivity index (χ2n) is 5.24. The normalized spacial score (nSPS) is 12.5. The van der Waals surface area contributed by atoms with Gasteiger partial charge in [-0.1, -0.05) is 26.7 Å². The molecule has 4 heteroatoms. The Morgan fingerprint density at radius 3 is 2.53 bits per heavy atom. The molecule has 1 heterocycles. The van der Waals surface area contributed by atoms with E-state index in [1.807, 2.05) is 25.6 Å². The van der Waals surface area contributed by atoms with Crippen LogP contribution in [0.4, 0.5) is 0 Å². The molecule has 1 amide bonds. The van der Waals surface area contributed by atoms with Crippen molar-refractivity contribution >= 4 is 5.91 Å². The Labute approximate surface area is 116 Å². The Morgan fingerprint density at radius 1 is 1.37 bits per heavy atom. The van der Waals surface area contributed by atoms with E-state index >= 15 is 0 Å². The molecule has 1 rings (SSSR count).